The molecule has 6 heteroatoms. The standard InChI is InChI=1S/C16H19BrN2O3/c17-13-6-5-12-7-9-19(14(12)10-13)11-15(20)18-8-3-1-2-4-16(21)22/h5-7,9-10H,1-4,8,11H2,(H,18,20)(H,21,22). The molecule has 1 amide bonds. The van der Waals surface area contributed by atoms with Crippen LogP contribution in [0, 0.1) is 0 Å². The molecule has 0 fully saturated rings. The zero-order chi connectivity index (χ0) is 15.9. The second kappa shape index (κ2) is 7.98. The Morgan fingerprint density at radius 1 is 1.18 bits per heavy atom. The Bertz CT molecular complexity index is 666. The molecule has 1 heterocycles. The van der Waals surface area contributed by atoms with Crippen LogP contribution in [0.2, 0.25) is 0 Å². The highest BCUT2D eigenvalue weighted by molar-refractivity contribution is 9.10. The van der Waals surface area contributed by atoms with Crippen LogP contribution in [-0.2, 0) is 16.1 Å². The number of hydrogen-bond donors (Lipinski definition) is 2. The highest BCUT2D eigenvalue weighted by Gasteiger charge is 2.06. The quantitative estimate of drug-likeness (QED) is 0.704. The number of aromatic nitrogens is 1. The van der Waals surface area contributed by atoms with Gasteiger partial charge in [-0.1, -0.05) is 28.4 Å². The van der Waals surface area contributed by atoms with Gasteiger partial charge in [0.25, 0.3) is 0 Å². The number of nitrogens with one attached hydrogen (secondary N) is 1. The minimum absolute atomic E-state index is 0.0317. The number of nitrogens with zero attached hydrogens (tertiary/aromatic N) is 1. The van der Waals surface area contributed by atoms with Gasteiger partial charge in [0.2, 0.25) is 5.91 Å². The first-order chi connectivity index (χ1) is 10.6. The van der Waals surface area contributed by atoms with E-state index in [-0.39, 0.29) is 18.9 Å². The number of carbonyl (C=O) groups is 2. The molecule has 0 bridgehead atoms. The third-order valence-electron chi connectivity index (χ3n) is 3.44. The van der Waals surface area contributed by atoms with E-state index in [0.29, 0.717) is 13.0 Å². The summed E-state index contributed by atoms with van der Waals surface area (Å²) in [4.78, 5) is 22.3. The fourth-order valence-electron chi connectivity index (χ4n) is 2.31. The van der Waals surface area contributed by atoms with E-state index >= 15 is 0 Å². The van der Waals surface area contributed by atoms with Crippen LogP contribution in [0.25, 0.3) is 10.9 Å². The van der Waals surface area contributed by atoms with Crippen molar-refractivity contribution < 1.29 is 14.7 Å². The van der Waals surface area contributed by atoms with Crippen molar-refractivity contribution in [1.29, 1.82) is 0 Å². The van der Waals surface area contributed by atoms with Crippen molar-refractivity contribution in [3.8, 4) is 0 Å². The Labute approximate surface area is 137 Å². The van der Waals surface area contributed by atoms with Crippen LogP contribution in [0.3, 0.4) is 0 Å². The fourth-order valence-corrected chi connectivity index (χ4v) is 2.66. The number of benzene rings is 1. The van der Waals surface area contributed by atoms with E-state index in [1.54, 1.807) is 0 Å². The van der Waals surface area contributed by atoms with Crippen molar-refractivity contribution in [3.05, 3.63) is 34.9 Å². The summed E-state index contributed by atoms with van der Waals surface area (Å²) in [6, 6.07) is 7.97. The van der Waals surface area contributed by atoms with Crippen LogP contribution in [0.5, 0.6) is 0 Å². The molecule has 22 heavy (non-hydrogen) atoms. The predicted octanol–water partition coefficient (Wildman–Crippen LogP) is 3.17. The molecule has 2 aromatic rings. The first-order valence-electron chi connectivity index (χ1n) is 7.29. The maximum absolute atomic E-state index is 11.9. The lowest BCUT2D eigenvalue weighted by molar-refractivity contribution is -0.137. The molecule has 1 aromatic carbocycles. The third-order valence-corrected chi connectivity index (χ3v) is 3.93. The molecule has 0 aliphatic heterocycles. The number of fused-ring (bicyclic) bond motifs is 1. The normalized spacial score (nSPS) is 10.8. The van der Waals surface area contributed by atoms with Crippen LogP contribution in [0.15, 0.2) is 34.9 Å². The Balaban J connectivity index is 1.77. The number of amides is 1. The van der Waals surface area contributed by atoms with Crippen molar-refractivity contribution in [2.45, 2.75) is 32.2 Å². The lowest BCUT2D eigenvalue weighted by Gasteiger charge is -2.07. The molecule has 0 atom stereocenters. The van der Waals surface area contributed by atoms with Crippen molar-refractivity contribution in [2.24, 2.45) is 0 Å². The average Bonchev–Trinajstić information content (AvgIpc) is 2.85. The van der Waals surface area contributed by atoms with Gasteiger partial charge >= 0.3 is 5.97 Å². The van der Waals surface area contributed by atoms with Crippen molar-refractivity contribution in [3.63, 3.8) is 0 Å². The summed E-state index contributed by atoms with van der Waals surface area (Å²) in [5.74, 6) is -0.801. The molecule has 1 aromatic heterocycles. The molecule has 0 saturated carbocycles. The zero-order valence-electron chi connectivity index (χ0n) is 12.2. The molecular weight excluding hydrogens is 348 g/mol. The van der Waals surface area contributed by atoms with E-state index in [0.717, 1.165) is 28.2 Å². The monoisotopic (exact) mass is 366 g/mol. The van der Waals surface area contributed by atoms with Gasteiger partial charge in [-0.3, -0.25) is 9.59 Å². The predicted molar refractivity (Wildman–Crippen MR) is 88.8 cm³/mol. The minimum atomic E-state index is -0.769. The number of rotatable bonds is 8. The van der Waals surface area contributed by atoms with Crippen molar-refractivity contribution in [2.75, 3.05) is 6.54 Å². The fraction of sp³-hybridized carbons (Fsp3) is 0.375. The first-order valence-corrected chi connectivity index (χ1v) is 8.08. The highest BCUT2D eigenvalue weighted by Crippen LogP contribution is 2.20. The van der Waals surface area contributed by atoms with Gasteiger partial charge in [-0.05, 0) is 36.4 Å². The first kappa shape index (κ1) is 16.5. The summed E-state index contributed by atoms with van der Waals surface area (Å²) in [6.45, 7) is 0.871. The number of unbranched alkanes of at least 4 members (excludes halogenated alkanes) is 2. The van der Waals surface area contributed by atoms with Gasteiger partial charge in [0.1, 0.15) is 6.54 Å². The van der Waals surface area contributed by atoms with Crippen LogP contribution in [0.1, 0.15) is 25.7 Å². The van der Waals surface area contributed by atoms with E-state index in [1.807, 2.05) is 35.0 Å². The van der Waals surface area contributed by atoms with E-state index in [4.69, 9.17) is 5.11 Å². The second-order valence-electron chi connectivity index (χ2n) is 5.20. The molecule has 0 saturated heterocycles. The number of carboxylic acids is 1. The molecule has 2 rings (SSSR count). The number of hydrogen-bond acceptors (Lipinski definition) is 2. The molecule has 0 spiro atoms. The average molecular weight is 367 g/mol. The summed E-state index contributed by atoms with van der Waals surface area (Å²) in [5, 5.41) is 12.5. The van der Waals surface area contributed by atoms with Crippen LogP contribution >= 0.6 is 15.9 Å². The molecule has 5 nitrogen and oxygen atoms in total. The van der Waals surface area contributed by atoms with Crippen molar-refractivity contribution in [1.82, 2.24) is 9.88 Å². The number of carboxylic acid groups (broad SMARTS) is 1. The maximum atomic E-state index is 11.9. The van der Waals surface area contributed by atoms with Crippen molar-refractivity contribution >= 4 is 38.7 Å². The van der Waals surface area contributed by atoms with Gasteiger partial charge < -0.3 is 15.0 Å². The Morgan fingerprint density at radius 3 is 2.77 bits per heavy atom. The zero-order valence-corrected chi connectivity index (χ0v) is 13.8. The van der Waals surface area contributed by atoms with E-state index in [1.165, 1.54) is 0 Å². The van der Waals surface area contributed by atoms with Crippen LogP contribution < -0.4 is 5.32 Å². The number of halogens is 1. The second-order valence-corrected chi connectivity index (χ2v) is 6.12. The van der Waals surface area contributed by atoms with E-state index in [9.17, 15) is 9.59 Å². The van der Waals surface area contributed by atoms with Gasteiger partial charge in [-0.2, -0.15) is 0 Å². The number of aliphatic carboxylic acids is 1. The third kappa shape index (κ3) is 4.87. The Kier molecular flexibility index (Phi) is 6.00. The lowest BCUT2D eigenvalue weighted by Crippen LogP contribution is -2.28. The minimum Gasteiger partial charge on any atom is -0.481 e. The molecule has 2 N–H and O–H groups in total. The molecule has 0 unspecified atom stereocenters. The van der Waals surface area contributed by atoms with Gasteiger partial charge in [0.15, 0.2) is 0 Å². The summed E-state index contributed by atoms with van der Waals surface area (Å²) < 4.78 is 2.90. The van der Waals surface area contributed by atoms with E-state index in [2.05, 4.69) is 21.2 Å². The largest absolute Gasteiger partial charge is 0.481 e. The SMILES string of the molecule is O=C(O)CCCCCNC(=O)Cn1ccc2ccc(Br)cc21. The molecule has 118 valence electrons. The molecule has 0 radical (unpaired) electrons. The smallest absolute Gasteiger partial charge is 0.303 e. The topological polar surface area (TPSA) is 71.3 Å². The summed E-state index contributed by atoms with van der Waals surface area (Å²) in [6.07, 6.45) is 4.37. The number of carbonyl (C=O) groups excluding carboxylic acids is 1. The van der Waals surface area contributed by atoms with Gasteiger partial charge in [-0.25, -0.2) is 0 Å². The van der Waals surface area contributed by atoms with Gasteiger partial charge in [0, 0.05) is 29.2 Å². The van der Waals surface area contributed by atoms with Crippen LogP contribution in [0.4, 0.5) is 0 Å². The lowest BCUT2D eigenvalue weighted by atomic mass is 10.2. The molecule has 0 aliphatic carbocycles. The maximum Gasteiger partial charge on any atom is 0.303 e. The van der Waals surface area contributed by atoms with E-state index < -0.39 is 5.97 Å². The Morgan fingerprint density at radius 2 is 2.00 bits per heavy atom. The van der Waals surface area contributed by atoms with Crippen LogP contribution in [-0.4, -0.2) is 28.1 Å². The molecule has 0 aliphatic rings. The van der Waals surface area contributed by atoms with Gasteiger partial charge in [-0.15, -0.1) is 0 Å². The van der Waals surface area contributed by atoms with Gasteiger partial charge in [0.05, 0.1) is 0 Å². The Hall–Kier alpha value is -1.82. The summed E-state index contributed by atoms with van der Waals surface area (Å²) >= 11 is 3.44. The highest BCUT2D eigenvalue weighted by atomic mass is 79.9. The summed E-state index contributed by atoms with van der Waals surface area (Å²) in [5.41, 5.74) is 1.02. The summed E-state index contributed by atoms with van der Waals surface area (Å²) in [7, 11) is 0. The molecular formula is C16H19BrN2O3.